The van der Waals surface area contributed by atoms with E-state index < -0.39 is 5.69 Å². The lowest BCUT2D eigenvalue weighted by Crippen LogP contribution is -2.28. The number of para-hydroxylation sites is 2. The number of hydrogen-bond acceptors (Lipinski definition) is 6. The van der Waals surface area contributed by atoms with Crippen molar-refractivity contribution in [3.8, 4) is 28.6 Å². The summed E-state index contributed by atoms with van der Waals surface area (Å²) >= 11 is 0. The van der Waals surface area contributed by atoms with Crippen LogP contribution in [0, 0.1) is 0 Å². The summed E-state index contributed by atoms with van der Waals surface area (Å²) < 4.78 is 14.3. The van der Waals surface area contributed by atoms with Gasteiger partial charge in [-0.25, -0.2) is 23.9 Å². The minimum atomic E-state index is -0.464. The molecule has 0 aliphatic heterocycles. The number of nitrogens with zero attached hydrogens (tertiary/aromatic N) is 4. The van der Waals surface area contributed by atoms with Crippen LogP contribution in [0.25, 0.3) is 28.1 Å². The SMILES string of the molecule is CCCC(=O)n1c(=O)n(-c2ncc(-c3ccc(OC)c(OC4CCCC4)c3)cn2)c2ccccc21. The standard InChI is InChI=1S/C27H28N4O4/c1-3-8-25(32)30-21-11-6-7-12-22(21)31(27(30)33)26-28-16-19(17-29-26)18-13-14-23(34-2)24(15-18)35-20-9-4-5-10-20/h6-7,11-17,20H,3-5,8-10H2,1-2H3. The van der Waals surface area contributed by atoms with E-state index in [1.807, 2.05) is 31.2 Å². The van der Waals surface area contributed by atoms with Crippen LogP contribution in [0.2, 0.25) is 0 Å². The molecule has 8 nitrogen and oxygen atoms in total. The zero-order valence-electron chi connectivity index (χ0n) is 19.9. The Balaban J connectivity index is 1.51. The zero-order chi connectivity index (χ0) is 24.4. The van der Waals surface area contributed by atoms with Gasteiger partial charge in [0.1, 0.15) is 0 Å². The van der Waals surface area contributed by atoms with Crippen molar-refractivity contribution in [3.63, 3.8) is 0 Å². The molecule has 1 saturated carbocycles. The molecule has 0 saturated heterocycles. The highest BCUT2D eigenvalue weighted by atomic mass is 16.5. The molecule has 2 heterocycles. The third kappa shape index (κ3) is 4.32. The highest BCUT2D eigenvalue weighted by Crippen LogP contribution is 2.35. The smallest absolute Gasteiger partial charge is 0.343 e. The van der Waals surface area contributed by atoms with E-state index in [2.05, 4.69) is 9.97 Å². The fourth-order valence-electron chi connectivity index (χ4n) is 4.63. The Kier molecular flexibility index (Phi) is 6.35. The fourth-order valence-corrected chi connectivity index (χ4v) is 4.63. The van der Waals surface area contributed by atoms with Crippen LogP contribution >= 0.6 is 0 Å². The molecule has 0 atom stereocenters. The van der Waals surface area contributed by atoms with Crippen molar-refractivity contribution < 1.29 is 14.3 Å². The van der Waals surface area contributed by atoms with E-state index in [1.165, 1.54) is 22.0 Å². The van der Waals surface area contributed by atoms with Crippen LogP contribution in [0.15, 0.2) is 59.7 Å². The Labute approximate surface area is 203 Å². The van der Waals surface area contributed by atoms with Crippen molar-refractivity contribution in [1.29, 1.82) is 0 Å². The first-order valence-electron chi connectivity index (χ1n) is 12.0. The van der Waals surface area contributed by atoms with Crippen molar-refractivity contribution >= 4 is 16.9 Å². The molecule has 2 aromatic carbocycles. The Hall–Kier alpha value is -3.94. The summed E-state index contributed by atoms with van der Waals surface area (Å²) in [5.74, 6) is 1.37. The first kappa shape index (κ1) is 22.8. The van der Waals surface area contributed by atoms with Gasteiger partial charge in [-0.2, -0.15) is 0 Å². The van der Waals surface area contributed by atoms with Crippen LogP contribution in [-0.4, -0.2) is 38.2 Å². The quantitative estimate of drug-likeness (QED) is 0.375. The molecule has 1 aliphatic rings. The number of aromatic nitrogens is 4. The molecule has 5 rings (SSSR count). The van der Waals surface area contributed by atoms with Crippen LogP contribution in [0.3, 0.4) is 0 Å². The van der Waals surface area contributed by atoms with Gasteiger partial charge >= 0.3 is 5.69 Å². The summed E-state index contributed by atoms with van der Waals surface area (Å²) in [6.07, 6.45) is 8.97. The van der Waals surface area contributed by atoms with Crippen LogP contribution in [0.5, 0.6) is 11.5 Å². The van der Waals surface area contributed by atoms with Crippen LogP contribution < -0.4 is 15.2 Å². The Bertz CT molecular complexity index is 1420. The summed E-state index contributed by atoms with van der Waals surface area (Å²) in [5.41, 5.74) is 2.35. The maximum atomic E-state index is 13.2. The lowest BCUT2D eigenvalue weighted by Gasteiger charge is -2.17. The monoisotopic (exact) mass is 472 g/mol. The lowest BCUT2D eigenvalue weighted by molar-refractivity contribution is 0.0902. The van der Waals surface area contributed by atoms with Gasteiger partial charge in [-0.3, -0.25) is 4.79 Å². The number of rotatable bonds is 7. The van der Waals surface area contributed by atoms with Gasteiger partial charge < -0.3 is 9.47 Å². The maximum Gasteiger partial charge on any atom is 0.343 e. The summed E-state index contributed by atoms with van der Waals surface area (Å²) in [5, 5.41) is 0. The molecule has 35 heavy (non-hydrogen) atoms. The molecule has 0 unspecified atom stereocenters. The van der Waals surface area contributed by atoms with Gasteiger partial charge in [-0.15, -0.1) is 0 Å². The maximum absolute atomic E-state index is 13.2. The molecular formula is C27H28N4O4. The number of fused-ring (bicyclic) bond motifs is 1. The molecule has 0 N–H and O–H groups in total. The number of carbonyl (C=O) groups excluding carboxylic acids is 1. The first-order chi connectivity index (χ1) is 17.1. The topological polar surface area (TPSA) is 88.2 Å². The molecule has 4 aromatic rings. The molecule has 8 heteroatoms. The van der Waals surface area contributed by atoms with Gasteiger partial charge in [-0.05, 0) is 61.9 Å². The van der Waals surface area contributed by atoms with Gasteiger partial charge in [0.2, 0.25) is 11.9 Å². The Morgan fingerprint density at radius 3 is 2.40 bits per heavy atom. The van der Waals surface area contributed by atoms with Gasteiger partial charge in [0.25, 0.3) is 0 Å². The molecule has 0 amide bonds. The number of ether oxygens (including phenoxy) is 2. The molecular weight excluding hydrogens is 444 g/mol. The number of methoxy groups -OCH3 is 1. The third-order valence-electron chi connectivity index (χ3n) is 6.39. The largest absolute Gasteiger partial charge is 0.493 e. The van der Waals surface area contributed by atoms with E-state index in [9.17, 15) is 9.59 Å². The average molecular weight is 473 g/mol. The Morgan fingerprint density at radius 2 is 1.71 bits per heavy atom. The summed E-state index contributed by atoms with van der Waals surface area (Å²) in [6.45, 7) is 1.91. The van der Waals surface area contributed by atoms with Crippen molar-refractivity contribution in [1.82, 2.24) is 19.1 Å². The van der Waals surface area contributed by atoms with E-state index in [4.69, 9.17) is 9.47 Å². The minimum Gasteiger partial charge on any atom is -0.493 e. The number of benzene rings is 2. The summed E-state index contributed by atoms with van der Waals surface area (Å²) in [6, 6.07) is 12.9. The lowest BCUT2D eigenvalue weighted by atomic mass is 10.1. The van der Waals surface area contributed by atoms with E-state index >= 15 is 0 Å². The van der Waals surface area contributed by atoms with Crippen LogP contribution in [0.4, 0.5) is 0 Å². The highest BCUT2D eigenvalue weighted by molar-refractivity contribution is 5.91. The zero-order valence-corrected chi connectivity index (χ0v) is 19.9. The predicted octanol–water partition coefficient (Wildman–Crippen LogP) is 5.02. The molecule has 0 radical (unpaired) electrons. The third-order valence-corrected chi connectivity index (χ3v) is 6.39. The van der Waals surface area contributed by atoms with Crippen LogP contribution in [0.1, 0.15) is 50.2 Å². The van der Waals surface area contributed by atoms with Crippen molar-refractivity contribution in [2.75, 3.05) is 7.11 Å². The summed E-state index contributed by atoms with van der Waals surface area (Å²) in [4.78, 5) is 34.9. The second-order valence-corrected chi connectivity index (χ2v) is 8.75. The molecule has 2 aromatic heterocycles. The predicted molar refractivity (Wildman–Crippen MR) is 134 cm³/mol. The second kappa shape index (κ2) is 9.74. The molecule has 0 bridgehead atoms. The second-order valence-electron chi connectivity index (χ2n) is 8.75. The highest BCUT2D eigenvalue weighted by Gasteiger charge is 2.21. The van der Waals surface area contributed by atoms with Crippen molar-refractivity contribution in [2.24, 2.45) is 0 Å². The number of hydrogen-bond donors (Lipinski definition) is 0. The molecule has 180 valence electrons. The number of imidazole rings is 1. The van der Waals surface area contributed by atoms with E-state index in [0.717, 1.165) is 24.0 Å². The van der Waals surface area contributed by atoms with E-state index in [-0.39, 0.29) is 24.4 Å². The van der Waals surface area contributed by atoms with Gasteiger partial charge in [-0.1, -0.05) is 25.1 Å². The molecule has 1 aliphatic carbocycles. The normalized spacial score (nSPS) is 13.9. The fraction of sp³-hybridized carbons (Fsp3) is 0.333. The first-order valence-corrected chi connectivity index (χ1v) is 12.0. The average Bonchev–Trinajstić information content (AvgIpc) is 3.49. The van der Waals surface area contributed by atoms with Gasteiger partial charge in [0.15, 0.2) is 11.5 Å². The molecule has 0 spiro atoms. The minimum absolute atomic E-state index is 0.206. The van der Waals surface area contributed by atoms with E-state index in [0.29, 0.717) is 29.0 Å². The molecule has 1 fully saturated rings. The van der Waals surface area contributed by atoms with E-state index in [1.54, 1.807) is 37.7 Å². The number of carbonyl (C=O) groups is 1. The van der Waals surface area contributed by atoms with Gasteiger partial charge in [0, 0.05) is 24.4 Å². The van der Waals surface area contributed by atoms with Crippen molar-refractivity contribution in [2.45, 2.75) is 51.6 Å². The van der Waals surface area contributed by atoms with Crippen LogP contribution in [-0.2, 0) is 0 Å². The van der Waals surface area contributed by atoms with Gasteiger partial charge in [0.05, 0.1) is 24.2 Å². The summed E-state index contributed by atoms with van der Waals surface area (Å²) in [7, 11) is 1.63. The van der Waals surface area contributed by atoms with Crippen molar-refractivity contribution in [3.05, 3.63) is 65.3 Å². The Morgan fingerprint density at radius 1 is 1.00 bits per heavy atom.